The zero-order valence-electron chi connectivity index (χ0n) is 5.76. The van der Waals surface area contributed by atoms with Crippen molar-refractivity contribution < 1.29 is 4.74 Å². The first-order chi connectivity index (χ1) is 4.43. The van der Waals surface area contributed by atoms with Gasteiger partial charge in [0.15, 0.2) is 0 Å². The van der Waals surface area contributed by atoms with Gasteiger partial charge >= 0.3 is 0 Å². The molecule has 1 heterocycles. The van der Waals surface area contributed by atoms with Gasteiger partial charge in [-0.2, -0.15) is 0 Å². The molecular weight excluding hydrogens is 114 g/mol. The van der Waals surface area contributed by atoms with E-state index in [2.05, 4.69) is 17.5 Å². The van der Waals surface area contributed by atoms with Crippen LogP contribution in [0.15, 0.2) is 12.2 Å². The molecule has 0 spiro atoms. The normalized spacial score (nSPS) is 25.2. The number of methoxy groups -OCH3 is 1. The van der Waals surface area contributed by atoms with Crippen molar-refractivity contribution in [3.63, 3.8) is 0 Å². The summed E-state index contributed by atoms with van der Waals surface area (Å²) in [4.78, 5) is 0. The summed E-state index contributed by atoms with van der Waals surface area (Å²) < 4.78 is 4.93. The highest BCUT2D eigenvalue weighted by Gasteiger charge is 2.05. The van der Waals surface area contributed by atoms with E-state index in [0.29, 0.717) is 6.04 Å². The highest BCUT2D eigenvalue weighted by Crippen LogP contribution is 1.98. The lowest BCUT2D eigenvalue weighted by Crippen LogP contribution is -2.23. The molecule has 0 aliphatic carbocycles. The minimum absolute atomic E-state index is 0.560. The molecule has 2 nitrogen and oxygen atoms in total. The number of hydrogen-bond donors (Lipinski definition) is 1. The van der Waals surface area contributed by atoms with Gasteiger partial charge in [-0.25, -0.2) is 0 Å². The van der Waals surface area contributed by atoms with Crippen molar-refractivity contribution in [1.82, 2.24) is 5.32 Å². The maximum Gasteiger partial charge on any atom is 0.0480 e. The number of hydrogen-bond acceptors (Lipinski definition) is 2. The maximum atomic E-state index is 4.93. The summed E-state index contributed by atoms with van der Waals surface area (Å²) in [6.45, 7) is 1.87. The summed E-state index contributed by atoms with van der Waals surface area (Å²) in [6, 6.07) is 0.560. The minimum atomic E-state index is 0.560. The predicted octanol–water partition coefficient (Wildman–Crippen LogP) is 0.551. The van der Waals surface area contributed by atoms with Gasteiger partial charge in [0.2, 0.25) is 0 Å². The molecule has 52 valence electrons. The number of nitrogens with one attached hydrogen (secondary N) is 1. The van der Waals surface area contributed by atoms with Crippen LogP contribution in [0, 0.1) is 0 Å². The van der Waals surface area contributed by atoms with E-state index in [-0.39, 0.29) is 0 Å². The summed E-state index contributed by atoms with van der Waals surface area (Å²) in [6.07, 6.45) is 5.44. The zero-order chi connectivity index (χ0) is 6.53. The standard InChI is InChI=1S/C7H13NO/c1-9-6-4-7-3-2-5-8-7/h2-3,7-8H,4-6H2,1H3. The van der Waals surface area contributed by atoms with Gasteiger partial charge in [-0.1, -0.05) is 12.2 Å². The van der Waals surface area contributed by atoms with E-state index in [1.807, 2.05) is 0 Å². The summed E-state index contributed by atoms with van der Waals surface area (Å²) in [5.74, 6) is 0. The molecule has 0 saturated heterocycles. The third-order valence-electron chi connectivity index (χ3n) is 1.50. The van der Waals surface area contributed by atoms with Crippen LogP contribution in [-0.2, 0) is 4.74 Å². The van der Waals surface area contributed by atoms with Gasteiger partial charge in [0.1, 0.15) is 0 Å². The molecule has 1 atom stereocenters. The van der Waals surface area contributed by atoms with Crippen molar-refractivity contribution in [3.8, 4) is 0 Å². The molecule has 0 bridgehead atoms. The average molecular weight is 127 g/mol. The van der Waals surface area contributed by atoms with Crippen LogP contribution in [0.5, 0.6) is 0 Å². The lowest BCUT2D eigenvalue weighted by Gasteiger charge is -2.06. The molecule has 0 saturated carbocycles. The Kier molecular flexibility index (Phi) is 2.74. The van der Waals surface area contributed by atoms with Crippen molar-refractivity contribution in [3.05, 3.63) is 12.2 Å². The van der Waals surface area contributed by atoms with Gasteiger partial charge in [-0.05, 0) is 6.42 Å². The summed E-state index contributed by atoms with van der Waals surface area (Å²) in [5, 5.41) is 3.30. The van der Waals surface area contributed by atoms with Crippen LogP contribution in [0.3, 0.4) is 0 Å². The SMILES string of the molecule is COCCC1C=CCN1. The monoisotopic (exact) mass is 127 g/mol. The van der Waals surface area contributed by atoms with Gasteiger partial charge in [-0.3, -0.25) is 0 Å². The number of ether oxygens (including phenoxy) is 1. The summed E-state index contributed by atoms with van der Waals surface area (Å²) in [5.41, 5.74) is 0. The van der Waals surface area contributed by atoms with E-state index in [1.54, 1.807) is 7.11 Å². The Labute approximate surface area is 55.9 Å². The lowest BCUT2D eigenvalue weighted by molar-refractivity contribution is 0.189. The molecule has 1 rings (SSSR count). The van der Waals surface area contributed by atoms with Gasteiger partial charge in [0.05, 0.1) is 0 Å². The molecule has 0 fully saturated rings. The van der Waals surface area contributed by atoms with E-state index >= 15 is 0 Å². The maximum absolute atomic E-state index is 4.93. The first kappa shape index (κ1) is 6.78. The molecule has 1 unspecified atom stereocenters. The number of rotatable bonds is 3. The zero-order valence-corrected chi connectivity index (χ0v) is 5.76. The second-order valence-electron chi connectivity index (χ2n) is 2.22. The third kappa shape index (κ3) is 2.16. The largest absolute Gasteiger partial charge is 0.385 e. The highest BCUT2D eigenvalue weighted by molar-refractivity contribution is 5.01. The molecule has 0 aromatic rings. The fourth-order valence-electron chi connectivity index (χ4n) is 0.963. The molecule has 1 N–H and O–H groups in total. The van der Waals surface area contributed by atoms with Crippen molar-refractivity contribution in [2.75, 3.05) is 20.3 Å². The molecule has 9 heavy (non-hydrogen) atoms. The van der Waals surface area contributed by atoms with Gasteiger partial charge in [0, 0.05) is 26.3 Å². The fourth-order valence-corrected chi connectivity index (χ4v) is 0.963. The van der Waals surface area contributed by atoms with Crippen LogP contribution < -0.4 is 5.32 Å². The first-order valence-corrected chi connectivity index (χ1v) is 3.32. The van der Waals surface area contributed by atoms with E-state index in [9.17, 15) is 0 Å². The van der Waals surface area contributed by atoms with E-state index in [4.69, 9.17) is 4.74 Å². The third-order valence-corrected chi connectivity index (χ3v) is 1.50. The van der Waals surface area contributed by atoms with Gasteiger partial charge < -0.3 is 10.1 Å². The van der Waals surface area contributed by atoms with Gasteiger partial charge in [0.25, 0.3) is 0 Å². The second kappa shape index (κ2) is 3.64. The molecule has 2 heteroatoms. The molecule has 0 aromatic heterocycles. The fraction of sp³-hybridized carbons (Fsp3) is 0.714. The van der Waals surface area contributed by atoms with Crippen LogP contribution in [0.2, 0.25) is 0 Å². The summed E-state index contributed by atoms with van der Waals surface area (Å²) in [7, 11) is 1.73. The van der Waals surface area contributed by atoms with Crippen molar-refractivity contribution in [2.45, 2.75) is 12.5 Å². The van der Waals surface area contributed by atoms with Crippen LogP contribution in [-0.4, -0.2) is 26.3 Å². The Bertz CT molecular complexity index is 101. The molecule has 0 aromatic carbocycles. The second-order valence-corrected chi connectivity index (χ2v) is 2.22. The molecule has 0 amide bonds. The molecule has 1 aliphatic heterocycles. The van der Waals surface area contributed by atoms with E-state index in [0.717, 1.165) is 19.6 Å². The molecule has 1 aliphatic rings. The van der Waals surface area contributed by atoms with E-state index in [1.165, 1.54) is 0 Å². The Morgan fingerprint density at radius 2 is 2.67 bits per heavy atom. The van der Waals surface area contributed by atoms with Crippen LogP contribution in [0.25, 0.3) is 0 Å². The highest BCUT2D eigenvalue weighted by atomic mass is 16.5. The molecular formula is C7H13NO. The van der Waals surface area contributed by atoms with Crippen molar-refractivity contribution in [2.24, 2.45) is 0 Å². The van der Waals surface area contributed by atoms with Crippen LogP contribution in [0.1, 0.15) is 6.42 Å². The lowest BCUT2D eigenvalue weighted by atomic mass is 10.2. The molecule has 0 radical (unpaired) electrons. The minimum Gasteiger partial charge on any atom is -0.385 e. The first-order valence-electron chi connectivity index (χ1n) is 3.32. The quantitative estimate of drug-likeness (QED) is 0.559. The van der Waals surface area contributed by atoms with Crippen molar-refractivity contribution >= 4 is 0 Å². The smallest absolute Gasteiger partial charge is 0.0480 e. The van der Waals surface area contributed by atoms with Crippen molar-refractivity contribution in [1.29, 1.82) is 0 Å². The topological polar surface area (TPSA) is 21.3 Å². The van der Waals surface area contributed by atoms with Crippen LogP contribution in [0.4, 0.5) is 0 Å². The average Bonchev–Trinajstić information content (AvgIpc) is 2.34. The Morgan fingerprint density at radius 3 is 3.22 bits per heavy atom. The van der Waals surface area contributed by atoms with Gasteiger partial charge in [-0.15, -0.1) is 0 Å². The predicted molar refractivity (Wildman–Crippen MR) is 37.4 cm³/mol. The van der Waals surface area contributed by atoms with Crippen LogP contribution >= 0.6 is 0 Å². The Balaban J connectivity index is 2.05. The summed E-state index contributed by atoms with van der Waals surface area (Å²) >= 11 is 0. The Hall–Kier alpha value is -0.340. The Morgan fingerprint density at radius 1 is 1.78 bits per heavy atom. The van der Waals surface area contributed by atoms with E-state index < -0.39 is 0 Å².